The molecule has 0 unspecified atom stereocenters. The van der Waals surface area contributed by atoms with Crippen molar-refractivity contribution in [2.24, 2.45) is 0 Å². The SMILES string of the molecule is O=C1/C(=C/c2ccc(F)cc2)CN(C(=O)C(Cl)Cl)C/C1=C\c1ccc(F)cc1. The minimum absolute atomic E-state index is 0.0335. The summed E-state index contributed by atoms with van der Waals surface area (Å²) in [5, 5.41) is 0. The van der Waals surface area contributed by atoms with E-state index in [-0.39, 0.29) is 18.9 Å². The number of hydrogen-bond donors (Lipinski definition) is 0. The maximum Gasteiger partial charge on any atom is 0.256 e. The quantitative estimate of drug-likeness (QED) is 0.534. The fraction of sp³-hybridized carbons (Fsp3) is 0.143. The Morgan fingerprint density at radius 1 is 0.857 bits per heavy atom. The van der Waals surface area contributed by atoms with Gasteiger partial charge in [-0.25, -0.2) is 8.78 Å². The zero-order chi connectivity index (χ0) is 20.3. The first-order chi connectivity index (χ1) is 13.3. The largest absolute Gasteiger partial charge is 0.331 e. The average molecular weight is 422 g/mol. The molecule has 1 aliphatic heterocycles. The number of Topliss-reactive ketones (excluding diaryl/α,β-unsaturated/α-hetero) is 1. The first-order valence-electron chi connectivity index (χ1n) is 8.37. The minimum Gasteiger partial charge on any atom is -0.331 e. The number of likely N-dealkylation sites (tertiary alicyclic amines) is 1. The van der Waals surface area contributed by atoms with E-state index in [2.05, 4.69) is 0 Å². The summed E-state index contributed by atoms with van der Waals surface area (Å²) in [6.45, 7) is 0.0669. The number of halogens is 4. The Morgan fingerprint density at radius 2 is 1.25 bits per heavy atom. The number of piperidine rings is 1. The molecule has 7 heteroatoms. The Labute approximate surface area is 170 Å². The smallest absolute Gasteiger partial charge is 0.256 e. The van der Waals surface area contributed by atoms with Gasteiger partial charge >= 0.3 is 0 Å². The van der Waals surface area contributed by atoms with E-state index in [0.717, 1.165) is 0 Å². The van der Waals surface area contributed by atoms with Gasteiger partial charge < -0.3 is 4.90 Å². The highest BCUT2D eigenvalue weighted by molar-refractivity contribution is 6.53. The molecule has 0 aromatic heterocycles. The number of hydrogen-bond acceptors (Lipinski definition) is 2. The fourth-order valence-electron chi connectivity index (χ4n) is 2.85. The normalized spacial score (nSPS) is 17.6. The van der Waals surface area contributed by atoms with E-state index in [0.29, 0.717) is 22.3 Å². The van der Waals surface area contributed by atoms with Crippen LogP contribution in [0.1, 0.15) is 11.1 Å². The molecule has 1 fully saturated rings. The summed E-state index contributed by atoms with van der Waals surface area (Å²) in [4.78, 5) is 25.3. The van der Waals surface area contributed by atoms with Gasteiger partial charge in [-0.3, -0.25) is 9.59 Å². The Kier molecular flexibility index (Phi) is 6.27. The number of benzene rings is 2. The highest BCUT2D eigenvalue weighted by Gasteiger charge is 2.31. The van der Waals surface area contributed by atoms with Crippen molar-refractivity contribution in [2.45, 2.75) is 4.84 Å². The third-order valence-electron chi connectivity index (χ3n) is 4.23. The van der Waals surface area contributed by atoms with Gasteiger partial charge in [0.05, 0.1) is 0 Å². The number of carbonyl (C=O) groups excluding carboxylic acids is 2. The van der Waals surface area contributed by atoms with Gasteiger partial charge in [0.15, 0.2) is 10.6 Å². The topological polar surface area (TPSA) is 37.4 Å². The van der Waals surface area contributed by atoms with E-state index >= 15 is 0 Å². The molecule has 1 amide bonds. The third kappa shape index (κ3) is 4.86. The Morgan fingerprint density at radius 3 is 1.61 bits per heavy atom. The highest BCUT2D eigenvalue weighted by atomic mass is 35.5. The molecule has 2 aromatic rings. The van der Waals surface area contributed by atoms with Gasteiger partial charge in [-0.05, 0) is 47.5 Å². The predicted molar refractivity (Wildman–Crippen MR) is 106 cm³/mol. The molecule has 3 rings (SSSR count). The van der Waals surface area contributed by atoms with Gasteiger partial charge in [-0.2, -0.15) is 0 Å². The summed E-state index contributed by atoms with van der Waals surface area (Å²) in [5.74, 6) is -1.56. The van der Waals surface area contributed by atoms with Crippen molar-refractivity contribution in [1.82, 2.24) is 4.90 Å². The van der Waals surface area contributed by atoms with Gasteiger partial charge in [0.2, 0.25) is 0 Å². The lowest BCUT2D eigenvalue weighted by molar-refractivity contribution is -0.129. The molecule has 2 aromatic carbocycles. The second kappa shape index (κ2) is 8.67. The van der Waals surface area contributed by atoms with E-state index in [1.807, 2.05) is 0 Å². The maximum atomic E-state index is 13.1. The molecule has 0 atom stereocenters. The van der Waals surface area contributed by atoms with Crippen LogP contribution in [-0.2, 0) is 9.59 Å². The fourth-order valence-corrected chi connectivity index (χ4v) is 3.13. The number of ketones is 1. The summed E-state index contributed by atoms with van der Waals surface area (Å²) in [5.41, 5.74) is 1.92. The predicted octanol–water partition coefficient (Wildman–Crippen LogP) is 4.65. The van der Waals surface area contributed by atoms with Crippen molar-refractivity contribution in [3.8, 4) is 0 Å². The van der Waals surface area contributed by atoms with E-state index in [1.165, 1.54) is 53.4 Å². The molecule has 0 spiro atoms. The van der Waals surface area contributed by atoms with Gasteiger partial charge in [0, 0.05) is 24.2 Å². The van der Waals surface area contributed by atoms with Crippen molar-refractivity contribution in [1.29, 1.82) is 0 Å². The standard InChI is InChI=1S/C21H15Cl2F2NO2/c22-20(23)21(28)26-11-15(9-13-1-5-17(24)6-2-13)19(27)16(12-26)10-14-3-7-18(25)8-4-14/h1-10,20H,11-12H2/b15-9+,16-10+. The monoisotopic (exact) mass is 421 g/mol. The van der Waals surface area contributed by atoms with Gasteiger partial charge in [0.25, 0.3) is 5.91 Å². The summed E-state index contributed by atoms with van der Waals surface area (Å²) in [6.07, 6.45) is 3.19. The molecule has 0 radical (unpaired) electrons. The van der Waals surface area contributed by atoms with Crippen LogP contribution in [0.25, 0.3) is 12.2 Å². The molecule has 0 saturated carbocycles. The molecule has 1 saturated heterocycles. The van der Waals surface area contributed by atoms with Crippen LogP contribution < -0.4 is 0 Å². The number of alkyl halides is 2. The molecule has 28 heavy (non-hydrogen) atoms. The summed E-state index contributed by atoms with van der Waals surface area (Å²) >= 11 is 11.4. The van der Waals surface area contributed by atoms with E-state index in [9.17, 15) is 18.4 Å². The lowest BCUT2D eigenvalue weighted by Gasteiger charge is -2.30. The number of nitrogens with zero attached hydrogens (tertiary/aromatic N) is 1. The average Bonchev–Trinajstić information content (AvgIpc) is 2.67. The molecule has 0 aliphatic carbocycles. The molecule has 3 nitrogen and oxygen atoms in total. The molecule has 0 bridgehead atoms. The maximum absolute atomic E-state index is 13.1. The van der Waals surface area contributed by atoms with Crippen LogP contribution in [-0.4, -0.2) is 34.5 Å². The van der Waals surface area contributed by atoms with Crippen LogP contribution in [0.15, 0.2) is 59.7 Å². The molecule has 0 N–H and O–H groups in total. The minimum atomic E-state index is -1.26. The van der Waals surface area contributed by atoms with Crippen molar-refractivity contribution in [3.05, 3.63) is 82.4 Å². The van der Waals surface area contributed by atoms with Crippen LogP contribution in [0.5, 0.6) is 0 Å². The van der Waals surface area contributed by atoms with E-state index in [4.69, 9.17) is 23.2 Å². The van der Waals surface area contributed by atoms with Crippen LogP contribution in [0, 0.1) is 11.6 Å². The summed E-state index contributed by atoms with van der Waals surface area (Å²) in [7, 11) is 0. The Hall–Kier alpha value is -2.50. The van der Waals surface area contributed by atoms with Crippen molar-refractivity contribution >= 4 is 47.0 Å². The van der Waals surface area contributed by atoms with Gasteiger partial charge in [-0.15, -0.1) is 0 Å². The van der Waals surface area contributed by atoms with Crippen molar-refractivity contribution in [2.75, 3.05) is 13.1 Å². The van der Waals surface area contributed by atoms with Crippen molar-refractivity contribution < 1.29 is 18.4 Å². The zero-order valence-electron chi connectivity index (χ0n) is 14.5. The van der Waals surface area contributed by atoms with Crippen LogP contribution in [0.3, 0.4) is 0 Å². The first kappa shape index (κ1) is 20.2. The zero-order valence-corrected chi connectivity index (χ0v) is 16.1. The highest BCUT2D eigenvalue weighted by Crippen LogP contribution is 2.24. The molecule has 144 valence electrons. The second-order valence-electron chi connectivity index (χ2n) is 6.27. The van der Waals surface area contributed by atoms with Crippen molar-refractivity contribution in [3.63, 3.8) is 0 Å². The molecule has 1 aliphatic rings. The van der Waals surface area contributed by atoms with Crippen LogP contribution >= 0.6 is 23.2 Å². The molecular weight excluding hydrogens is 407 g/mol. The Balaban J connectivity index is 1.99. The number of rotatable bonds is 3. The summed E-state index contributed by atoms with van der Waals surface area (Å²) in [6, 6.07) is 11.3. The Bertz CT molecular complexity index is 884. The van der Waals surface area contributed by atoms with E-state index < -0.39 is 22.4 Å². The first-order valence-corrected chi connectivity index (χ1v) is 9.24. The lowest BCUT2D eigenvalue weighted by Crippen LogP contribution is -2.43. The second-order valence-corrected chi connectivity index (χ2v) is 7.36. The summed E-state index contributed by atoms with van der Waals surface area (Å²) < 4.78 is 26.3. The van der Waals surface area contributed by atoms with E-state index in [1.54, 1.807) is 12.2 Å². The lowest BCUT2D eigenvalue weighted by atomic mass is 9.94. The molecular formula is C21H15Cl2F2NO2. The van der Waals surface area contributed by atoms with Crippen LogP contribution in [0.4, 0.5) is 8.78 Å². The van der Waals surface area contributed by atoms with Gasteiger partial charge in [0.1, 0.15) is 11.6 Å². The van der Waals surface area contributed by atoms with Crippen LogP contribution in [0.2, 0.25) is 0 Å². The number of carbonyl (C=O) groups is 2. The third-order valence-corrected chi connectivity index (χ3v) is 4.60. The number of amides is 1. The molecule has 1 heterocycles. The van der Waals surface area contributed by atoms with Gasteiger partial charge in [-0.1, -0.05) is 47.5 Å².